The molecule has 0 saturated heterocycles. The number of anilines is 1. The Kier molecular flexibility index (Phi) is 4.24. The minimum absolute atomic E-state index is 0.0217. The lowest BCUT2D eigenvalue weighted by molar-refractivity contribution is -0.384. The van der Waals surface area contributed by atoms with Gasteiger partial charge >= 0.3 is 0 Å². The molecule has 1 N–H and O–H groups in total. The molecule has 0 unspecified atom stereocenters. The van der Waals surface area contributed by atoms with Crippen molar-refractivity contribution in [3.8, 4) is 0 Å². The average Bonchev–Trinajstić information content (AvgIpc) is 2.37. The molecule has 21 heavy (non-hydrogen) atoms. The van der Waals surface area contributed by atoms with Crippen molar-refractivity contribution in [3.63, 3.8) is 0 Å². The lowest BCUT2D eigenvalue weighted by Gasteiger charge is -2.09. The fourth-order valence-corrected chi connectivity index (χ4v) is 3.03. The Morgan fingerprint density at radius 3 is 2.52 bits per heavy atom. The molecule has 0 fully saturated rings. The summed E-state index contributed by atoms with van der Waals surface area (Å²) < 4.78 is 40.4. The van der Waals surface area contributed by atoms with Gasteiger partial charge in [0.25, 0.3) is 15.7 Å². The number of nitrogens with one attached hydrogen (secondary N) is 1. The Hall–Kier alpha value is -2.00. The van der Waals surface area contributed by atoms with Crippen molar-refractivity contribution < 1.29 is 17.7 Å². The molecule has 2 rings (SSSR count). The van der Waals surface area contributed by atoms with Gasteiger partial charge in [0.1, 0.15) is 10.7 Å². The molecule has 2 aromatic carbocycles. The van der Waals surface area contributed by atoms with Crippen molar-refractivity contribution >= 4 is 37.3 Å². The minimum atomic E-state index is -4.17. The molecule has 0 radical (unpaired) electrons. The van der Waals surface area contributed by atoms with Crippen LogP contribution < -0.4 is 4.72 Å². The van der Waals surface area contributed by atoms with Gasteiger partial charge in [0.2, 0.25) is 0 Å². The maximum atomic E-state index is 13.7. The van der Waals surface area contributed by atoms with Crippen LogP contribution in [0.3, 0.4) is 0 Å². The number of nitro groups is 1. The molecule has 6 nitrogen and oxygen atoms in total. The van der Waals surface area contributed by atoms with E-state index in [4.69, 9.17) is 0 Å². The Labute approximate surface area is 127 Å². The van der Waals surface area contributed by atoms with Crippen LogP contribution in [0.15, 0.2) is 51.8 Å². The zero-order valence-electron chi connectivity index (χ0n) is 10.3. The molecular weight excluding hydrogens is 367 g/mol. The summed E-state index contributed by atoms with van der Waals surface area (Å²) in [6.07, 6.45) is 0. The van der Waals surface area contributed by atoms with Crippen LogP contribution in [0.2, 0.25) is 0 Å². The Balaban J connectivity index is 2.37. The van der Waals surface area contributed by atoms with Crippen LogP contribution >= 0.6 is 15.9 Å². The van der Waals surface area contributed by atoms with E-state index in [2.05, 4.69) is 20.7 Å². The number of rotatable bonds is 4. The summed E-state index contributed by atoms with van der Waals surface area (Å²) >= 11 is 3.03. The molecule has 110 valence electrons. The Morgan fingerprint density at radius 2 is 1.90 bits per heavy atom. The van der Waals surface area contributed by atoms with Gasteiger partial charge in [0.15, 0.2) is 0 Å². The molecule has 0 bridgehead atoms. The van der Waals surface area contributed by atoms with E-state index in [1.54, 1.807) is 0 Å². The van der Waals surface area contributed by atoms with Crippen LogP contribution in [0, 0.1) is 15.9 Å². The predicted molar refractivity (Wildman–Crippen MR) is 78.0 cm³/mol. The summed E-state index contributed by atoms with van der Waals surface area (Å²) in [6.45, 7) is 0. The van der Waals surface area contributed by atoms with Gasteiger partial charge in [0, 0.05) is 16.6 Å². The van der Waals surface area contributed by atoms with Gasteiger partial charge in [-0.15, -0.1) is 0 Å². The highest BCUT2D eigenvalue weighted by atomic mass is 79.9. The van der Waals surface area contributed by atoms with E-state index in [0.29, 0.717) is 4.47 Å². The van der Waals surface area contributed by atoms with Crippen LogP contribution in [-0.4, -0.2) is 13.3 Å². The third-order valence-corrected chi connectivity index (χ3v) is 4.40. The zero-order chi connectivity index (χ0) is 15.6. The van der Waals surface area contributed by atoms with Crippen molar-refractivity contribution in [1.82, 2.24) is 0 Å². The summed E-state index contributed by atoms with van der Waals surface area (Å²) in [7, 11) is -4.17. The van der Waals surface area contributed by atoms with Gasteiger partial charge in [-0.2, -0.15) is 0 Å². The van der Waals surface area contributed by atoms with Gasteiger partial charge < -0.3 is 0 Å². The van der Waals surface area contributed by atoms with Crippen molar-refractivity contribution in [2.24, 2.45) is 0 Å². The van der Waals surface area contributed by atoms with Gasteiger partial charge in [-0.05, 0) is 24.3 Å². The number of non-ortho nitro benzene ring substituents is 1. The fraction of sp³-hybridized carbons (Fsp3) is 0. The molecule has 0 amide bonds. The number of nitrogens with zero attached hydrogens (tertiary/aromatic N) is 1. The maximum Gasteiger partial charge on any atom is 0.271 e. The van der Waals surface area contributed by atoms with E-state index in [-0.39, 0.29) is 11.4 Å². The third kappa shape index (κ3) is 3.56. The first-order chi connectivity index (χ1) is 9.79. The summed E-state index contributed by atoms with van der Waals surface area (Å²) in [6, 6.07) is 8.42. The van der Waals surface area contributed by atoms with Gasteiger partial charge in [-0.3, -0.25) is 14.8 Å². The molecule has 0 aliphatic carbocycles. The largest absolute Gasteiger partial charge is 0.279 e. The van der Waals surface area contributed by atoms with Gasteiger partial charge in [-0.25, -0.2) is 12.8 Å². The number of benzene rings is 2. The van der Waals surface area contributed by atoms with Crippen LogP contribution in [0.4, 0.5) is 15.8 Å². The molecule has 0 aliphatic heterocycles. The summed E-state index contributed by atoms with van der Waals surface area (Å²) in [5.41, 5.74) is -0.294. The van der Waals surface area contributed by atoms with Crippen LogP contribution in [0.1, 0.15) is 0 Å². The minimum Gasteiger partial charge on any atom is -0.279 e. The average molecular weight is 375 g/mol. The van der Waals surface area contributed by atoms with E-state index < -0.39 is 25.7 Å². The summed E-state index contributed by atoms with van der Waals surface area (Å²) in [4.78, 5) is 9.44. The Morgan fingerprint density at radius 1 is 1.19 bits per heavy atom. The molecule has 9 heteroatoms. The first-order valence-corrected chi connectivity index (χ1v) is 7.79. The van der Waals surface area contributed by atoms with Crippen LogP contribution in [0.5, 0.6) is 0 Å². The number of nitro benzene ring substituents is 1. The predicted octanol–water partition coefficient (Wildman–Crippen LogP) is 3.30. The maximum absolute atomic E-state index is 13.7. The molecular formula is C12H8BrFN2O4S. The molecule has 0 aromatic heterocycles. The highest BCUT2D eigenvalue weighted by Crippen LogP contribution is 2.23. The number of sulfonamides is 1. The van der Waals surface area contributed by atoms with E-state index in [0.717, 1.165) is 18.2 Å². The van der Waals surface area contributed by atoms with Gasteiger partial charge in [-0.1, -0.05) is 22.0 Å². The lowest BCUT2D eigenvalue weighted by atomic mass is 10.3. The summed E-state index contributed by atoms with van der Waals surface area (Å²) in [5.74, 6) is -0.928. The second kappa shape index (κ2) is 5.78. The van der Waals surface area contributed by atoms with Crippen molar-refractivity contribution in [1.29, 1.82) is 0 Å². The molecule has 0 aliphatic rings. The second-order valence-electron chi connectivity index (χ2n) is 3.99. The normalized spacial score (nSPS) is 11.1. The second-order valence-corrected chi connectivity index (χ2v) is 6.55. The molecule has 0 saturated carbocycles. The molecule has 0 atom stereocenters. The SMILES string of the molecule is O=[N+]([O-])c1cccc(NS(=O)(=O)c2ccc(Br)cc2F)c1. The van der Waals surface area contributed by atoms with E-state index in [1.165, 1.54) is 24.3 Å². The number of hydrogen-bond donors (Lipinski definition) is 1. The number of hydrogen-bond acceptors (Lipinski definition) is 4. The quantitative estimate of drug-likeness (QED) is 0.656. The number of halogens is 2. The standard InChI is InChI=1S/C12H8BrFN2O4S/c13-8-4-5-12(11(14)6-8)21(19,20)15-9-2-1-3-10(7-9)16(17)18/h1-7,15H. The monoisotopic (exact) mass is 374 g/mol. The molecule has 0 spiro atoms. The van der Waals surface area contributed by atoms with Crippen molar-refractivity contribution in [2.75, 3.05) is 4.72 Å². The first kappa shape index (κ1) is 15.4. The first-order valence-electron chi connectivity index (χ1n) is 5.52. The highest BCUT2D eigenvalue weighted by molar-refractivity contribution is 9.10. The Bertz CT molecular complexity index is 811. The molecule has 2 aromatic rings. The van der Waals surface area contributed by atoms with Crippen molar-refractivity contribution in [3.05, 3.63) is 62.9 Å². The zero-order valence-corrected chi connectivity index (χ0v) is 12.7. The molecule has 0 heterocycles. The van der Waals surface area contributed by atoms with E-state index in [1.807, 2.05) is 0 Å². The van der Waals surface area contributed by atoms with E-state index >= 15 is 0 Å². The van der Waals surface area contributed by atoms with Crippen LogP contribution in [0.25, 0.3) is 0 Å². The smallest absolute Gasteiger partial charge is 0.271 e. The van der Waals surface area contributed by atoms with Crippen molar-refractivity contribution in [2.45, 2.75) is 4.90 Å². The summed E-state index contributed by atoms with van der Waals surface area (Å²) in [5, 5.41) is 10.6. The topological polar surface area (TPSA) is 89.3 Å². The van der Waals surface area contributed by atoms with Gasteiger partial charge in [0.05, 0.1) is 10.6 Å². The van der Waals surface area contributed by atoms with E-state index in [9.17, 15) is 22.9 Å². The third-order valence-electron chi connectivity index (χ3n) is 2.49. The fourth-order valence-electron chi connectivity index (χ4n) is 1.59. The lowest BCUT2D eigenvalue weighted by Crippen LogP contribution is -2.14. The van der Waals surface area contributed by atoms with Crippen LogP contribution in [-0.2, 0) is 10.0 Å². The highest BCUT2D eigenvalue weighted by Gasteiger charge is 2.20.